The number of ketones is 2. The molecule has 8 nitrogen and oxygen atoms in total. The summed E-state index contributed by atoms with van der Waals surface area (Å²) < 4.78 is 16.2. The molecule has 1 aliphatic carbocycles. The second kappa shape index (κ2) is 9.60. The van der Waals surface area contributed by atoms with Gasteiger partial charge in [0.05, 0.1) is 13.2 Å². The van der Waals surface area contributed by atoms with Crippen LogP contribution in [-0.4, -0.2) is 48.1 Å². The highest BCUT2D eigenvalue weighted by molar-refractivity contribution is 6.48. The third-order valence-electron chi connectivity index (χ3n) is 4.14. The van der Waals surface area contributed by atoms with E-state index < -0.39 is 29.8 Å². The Morgan fingerprint density at radius 3 is 2.30 bits per heavy atom. The van der Waals surface area contributed by atoms with Crippen molar-refractivity contribution in [2.24, 2.45) is 0 Å². The molecule has 3 rings (SSSR count). The molecular formula is C21H20ClNO7. The quantitative estimate of drug-likeness (QED) is 0.461. The lowest BCUT2D eigenvalue weighted by Gasteiger charge is -2.38. The van der Waals surface area contributed by atoms with Gasteiger partial charge in [-0.2, -0.15) is 5.06 Å². The molecule has 2 unspecified atom stereocenters. The van der Waals surface area contributed by atoms with Crippen molar-refractivity contribution in [3.63, 3.8) is 0 Å². The SMILES string of the molecule is CCOC(=O)N(OCC)C1C(=O)C(=O)C1Oc1ccc(Oc2cccc(Cl)c2)cc1. The summed E-state index contributed by atoms with van der Waals surface area (Å²) in [5.41, 5.74) is 0. The number of hydrogen-bond acceptors (Lipinski definition) is 7. The predicted molar refractivity (Wildman–Crippen MR) is 107 cm³/mol. The summed E-state index contributed by atoms with van der Waals surface area (Å²) in [6.45, 7) is 3.47. The fraction of sp³-hybridized carbons (Fsp3) is 0.286. The van der Waals surface area contributed by atoms with E-state index in [1.165, 1.54) is 0 Å². The van der Waals surface area contributed by atoms with E-state index in [9.17, 15) is 14.4 Å². The molecule has 0 spiro atoms. The smallest absolute Gasteiger partial charge is 0.434 e. The lowest BCUT2D eigenvalue weighted by Crippen LogP contribution is -2.68. The summed E-state index contributed by atoms with van der Waals surface area (Å²) in [6.07, 6.45) is -2.04. The fourth-order valence-electron chi connectivity index (χ4n) is 2.79. The number of nitrogens with zero attached hydrogens (tertiary/aromatic N) is 1. The van der Waals surface area contributed by atoms with Gasteiger partial charge in [0, 0.05) is 5.02 Å². The van der Waals surface area contributed by atoms with Gasteiger partial charge in [-0.25, -0.2) is 4.79 Å². The Bertz CT molecular complexity index is 931. The number of hydroxylamine groups is 2. The lowest BCUT2D eigenvalue weighted by atomic mass is 9.85. The number of amides is 1. The Balaban J connectivity index is 1.70. The van der Waals surface area contributed by atoms with Crippen molar-refractivity contribution in [2.45, 2.75) is 26.0 Å². The van der Waals surface area contributed by atoms with Gasteiger partial charge in [0.1, 0.15) is 17.2 Å². The summed E-state index contributed by atoms with van der Waals surface area (Å²) in [4.78, 5) is 41.5. The standard InChI is InChI=1S/C21H20ClNO7/c1-3-27-21(26)23(28-4-2)17-18(24)19(25)20(17)30-15-10-8-14(9-11-15)29-16-7-5-6-13(22)12-16/h5-12,17,20H,3-4H2,1-2H3. The van der Waals surface area contributed by atoms with Crippen LogP contribution < -0.4 is 9.47 Å². The first-order valence-corrected chi connectivity index (χ1v) is 9.69. The summed E-state index contributed by atoms with van der Waals surface area (Å²) >= 11 is 5.94. The van der Waals surface area contributed by atoms with E-state index in [4.69, 9.17) is 30.6 Å². The number of halogens is 1. The molecule has 0 radical (unpaired) electrons. The van der Waals surface area contributed by atoms with Crippen LogP contribution in [0.3, 0.4) is 0 Å². The molecule has 2 aromatic rings. The first kappa shape index (κ1) is 21.6. The zero-order valence-electron chi connectivity index (χ0n) is 16.4. The van der Waals surface area contributed by atoms with E-state index in [0.29, 0.717) is 22.3 Å². The van der Waals surface area contributed by atoms with Crippen LogP contribution in [-0.2, 0) is 19.2 Å². The van der Waals surface area contributed by atoms with Crippen molar-refractivity contribution in [1.29, 1.82) is 0 Å². The van der Waals surface area contributed by atoms with Gasteiger partial charge in [0.15, 0.2) is 12.1 Å². The summed E-state index contributed by atoms with van der Waals surface area (Å²) in [5, 5.41) is 1.31. The number of benzene rings is 2. The van der Waals surface area contributed by atoms with Gasteiger partial charge in [0.25, 0.3) is 0 Å². The molecule has 30 heavy (non-hydrogen) atoms. The molecule has 2 atom stereocenters. The monoisotopic (exact) mass is 433 g/mol. The van der Waals surface area contributed by atoms with E-state index in [1.807, 2.05) is 0 Å². The molecule has 1 fully saturated rings. The van der Waals surface area contributed by atoms with E-state index >= 15 is 0 Å². The maximum atomic E-state index is 12.1. The molecule has 1 aliphatic rings. The third kappa shape index (κ3) is 4.72. The van der Waals surface area contributed by atoms with Crippen molar-refractivity contribution in [3.8, 4) is 17.2 Å². The van der Waals surface area contributed by atoms with Crippen LogP contribution in [0.4, 0.5) is 4.79 Å². The van der Waals surface area contributed by atoms with Gasteiger partial charge in [-0.05, 0) is 56.3 Å². The van der Waals surface area contributed by atoms with Crippen molar-refractivity contribution in [2.75, 3.05) is 13.2 Å². The molecule has 1 amide bonds. The molecule has 0 aromatic heterocycles. The van der Waals surface area contributed by atoms with Crippen LogP contribution in [0.1, 0.15) is 13.8 Å². The number of hydrogen-bond donors (Lipinski definition) is 0. The van der Waals surface area contributed by atoms with Crippen LogP contribution in [0.15, 0.2) is 48.5 Å². The van der Waals surface area contributed by atoms with Crippen LogP contribution >= 0.6 is 11.6 Å². The minimum atomic E-state index is -1.21. The van der Waals surface area contributed by atoms with E-state index in [2.05, 4.69) is 0 Å². The van der Waals surface area contributed by atoms with Crippen molar-refractivity contribution >= 4 is 29.3 Å². The summed E-state index contributed by atoms with van der Waals surface area (Å²) in [7, 11) is 0. The number of carbonyl (C=O) groups excluding carboxylic acids is 3. The maximum Gasteiger partial charge on any atom is 0.434 e. The fourth-order valence-corrected chi connectivity index (χ4v) is 2.97. The predicted octanol–water partition coefficient (Wildman–Crippen LogP) is 3.81. The van der Waals surface area contributed by atoms with Crippen LogP contribution in [0, 0.1) is 0 Å². The maximum absolute atomic E-state index is 12.1. The van der Waals surface area contributed by atoms with E-state index in [1.54, 1.807) is 62.4 Å². The second-order valence-electron chi connectivity index (χ2n) is 6.19. The van der Waals surface area contributed by atoms with Gasteiger partial charge in [-0.15, -0.1) is 0 Å². The average Bonchev–Trinajstić information content (AvgIpc) is 2.73. The zero-order chi connectivity index (χ0) is 21.7. The highest BCUT2D eigenvalue weighted by atomic mass is 35.5. The number of rotatable bonds is 8. The van der Waals surface area contributed by atoms with Crippen LogP contribution in [0.25, 0.3) is 0 Å². The van der Waals surface area contributed by atoms with Gasteiger partial charge in [-0.3, -0.25) is 14.4 Å². The van der Waals surface area contributed by atoms with Crippen LogP contribution in [0.2, 0.25) is 5.02 Å². The molecule has 2 aromatic carbocycles. The molecule has 158 valence electrons. The van der Waals surface area contributed by atoms with Gasteiger partial charge in [0.2, 0.25) is 11.6 Å². The normalized spacial score (nSPS) is 17.8. The lowest BCUT2D eigenvalue weighted by molar-refractivity contribution is -0.197. The Morgan fingerprint density at radius 1 is 0.967 bits per heavy atom. The topological polar surface area (TPSA) is 91.4 Å². The Labute approximate surface area is 178 Å². The Morgan fingerprint density at radius 2 is 1.67 bits per heavy atom. The zero-order valence-corrected chi connectivity index (χ0v) is 17.1. The number of ether oxygens (including phenoxy) is 3. The van der Waals surface area contributed by atoms with Crippen LogP contribution in [0.5, 0.6) is 17.2 Å². The first-order chi connectivity index (χ1) is 14.4. The van der Waals surface area contributed by atoms with Crippen molar-refractivity contribution in [3.05, 3.63) is 53.6 Å². The minimum absolute atomic E-state index is 0.0941. The third-order valence-corrected chi connectivity index (χ3v) is 4.38. The largest absolute Gasteiger partial charge is 0.479 e. The van der Waals surface area contributed by atoms with Gasteiger partial charge >= 0.3 is 6.09 Å². The van der Waals surface area contributed by atoms with Crippen molar-refractivity contribution < 1.29 is 33.4 Å². The Hall–Kier alpha value is -3.10. The molecule has 0 saturated heterocycles. The van der Waals surface area contributed by atoms with E-state index in [0.717, 1.165) is 5.06 Å². The molecule has 0 bridgehead atoms. The van der Waals surface area contributed by atoms with Gasteiger partial charge < -0.3 is 14.2 Å². The summed E-state index contributed by atoms with van der Waals surface area (Å²) in [5.74, 6) is -0.0993. The second-order valence-corrected chi connectivity index (χ2v) is 6.62. The molecule has 9 heteroatoms. The summed E-state index contributed by atoms with van der Waals surface area (Å²) in [6, 6.07) is 12.2. The molecule has 1 saturated carbocycles. The number of Topliss-reactive ketones (excluding diaryl/α,β-unsaturated/α-hetero) is 2. The number of carbonyl (C=O) groups is 3. The molecule has 0 heterocycles. The molecular weight excluding hydrogens is 414 g/mol. The first-order valence-electron chi connectivity index (χ1n) is 9.31. The van der Waals surface area contributed by atoms with E-state index in [-0.39, 0.29) is 13.2 Å². The molecule has 0 aliphatic heterocycles. The van der Waals surface area contributed by atoms with Crippen molar-refractivity contribution in [1.82, 2.24) is 5.06 Å². The highest BCUT2D eigenvalue weighted by Gasteiger charge is 2.57. The highest BCUT2D eigenvalue weighted by Crippen LogP contribution is 2.29. The minimum Gasteiger partial charge on any atom is -0.479 e. The average molecular weight is 434 g/mol. The Kier molecular flexibility index (Phi) is 6.91. The molecule has 0 N–H and O–H groups in total. The van der Waals surface area contributed by atoms with Gasteiger partial charge in [-0.1, -0.05) is 17.7 Å².